The normalized spacial score (nSPS) is 15.9. The summed E-state index contributed by atoms with van der Waals surface area (Å²) in [5, 5.41) is 13.8. The first-order chi connectivity index (χ1) is 13.5. The number of hydrogen-bond acceptors (Lipinski definition) is 4. The fourth-order valence-electron chi connectivity index (χ4n) is 3.36. The molecule has 1 heterocycles. The summed E-state index contributed by atoms with van der Waals surface area (Å²) < 4.78 is 5.67. The predicted octanol–water partition coefficient (Wildman–Crippen LogP) is 1.44. The van der Waals surface area contributed by atoms with Crippen LogP contribution in [0.3, 0.4) is 0 Å². The van der Waals surface area contributed by atoms with Crippen LogP contribution in [-0.2, 0) is 4.79 Å². The summed E-state index contributed by atoms with van der Waals surface area (Å²) in [6, 6.07) is 15.1. The van der Waals surface area contributed by atoms with Crippen molar-refractivity contribution in [2.45, 2.75) is 13.0 Å². The zero-order chi connectivity index (χ0) is 19.9. The number of carbonyl (C=O) groups is 1. The third kappa shape index (κ3) is 6.12. The van der Waals surface area contributed by atoms with Crippen LogP contribution in [0.4, 0.5) is 11.4 Å². The number of quaternary nitrogens is 1. The first kappa shape index (κ1) is 20.5. The third-order valence-corrected chi connectivity index (χ3v) is 5.06. The summed E-state index contributed by atoms with van der Waals surface area (Å²) in [5.74, 6) is 0.568. The molecule has 0 saturated carbocycles. The molecule has 2 aromatic carbocycles. The summed E-state index contributed by atoms with van der Waals surface area (Å²) >= 11 is 5.95. The van der Waals surface area contributed by atoms with E-state index in [-0.39, 0.29) is 12.5 Å². The Morgan fingerprint density at radius 2 is 1.82 bits per heavy atom. The van der Waals surface area contributed by atoms with Crippen LogP contribution in [0.5, 0.6) is 5.75 Å². The zero-order valence-corrected chi connectivity index (χ0v) is 16.8. The van der Waals surface area contributed by atoms with E-state index in [1.165, 1.54) is 17.5 Å². The number of nitrogens with zero attached hydrogens (tertiary/aromatic N) is 1. The minimum atomic E-state index is -0.521. The summed E-state index contributed by atoms with van der Waals surface area (Å²) in [6.07, 6.45) is -0.521. The smallest absolute Gasteiger partial charge is 0.221 e. The summed E-state index contributed by atoms with van der Waals surface area (Å²) in [4.78, 5) is 14.8. The fraction of sp³-hybridized carbons (Fsp3) is 0.381. The maximum atomic E-state index is 11.0. The Kier molecular flexibility index (Phi) is 7.14. The molecule has 1 fully saturated rings. The molecule has 1 aliphatic rings. The average molecular weight is 405 g/mol. The van der Waals surface area contributed by atoms with Crippen LogP contribution in [0.2, 0.25) is 5.02 Å². The van der Waals surface area contributed by atoms with Crippen LogP contribution in [0.1, 0.15) is 6.92 Å². The van der Waals surface area contributed by atoms with Gasteiger partial charge in [0.25, 0.3) is 0 Å². The van der Waals surface area contributed by atoms with Gasteiger partial charge in [0.1, 0.15) is 25.0 Å². The van der Waals surface area contributed by atoms with Crippen molar-refractivity contribution in [2.75, 3.05) is 49.5 Å². The number of carbonyl (C=O) groups excluding carboxylic acids is 1. The Hall–Kier alpha value is -2.28. The van der Waals surface area contributed by atoms with E-state index >= 15 is 0 Å². The molecule has 0 aliphatic carbocycles. The highest BCUT2D eigenvalue weighted by molar-refractivity contribution is 6.30. The Morgan fingerprint density at radius 1 is 1.18 bits per heavy atom. The minimum Gasteiger partial charge on any atom is -0.491 e. The number of halogens is 1. The first-order valence-corrected chi connectivity index (χ1v) is 9.90. The maximum absolute atomic E-state index is 11.0. The number of benzene rings is 2. The summed E-state index contributed by atoms with van der Waals surface area (Å²) in [5.41, 5.74) is 1.92. The number of amides is 1. The van der Waals surface area contributed by atoms with Crippen LogP contribution < -0.4 is 19.9 Å². The molecule has 3 rings (SSSR count). The molecule has 1 aliphatic heterocycles. The Labute approximate surface area is 170 Å². The van der Waals surface area contributed by atoms with Crippen LogP contribution >= 0.6 is 11.6 Å². The van der Waals surface area contributed by atoms with E-state index in [0.29, 0.717) is 12.3 Å². The second kappa shape index (κ2) is 9.78. The molecule has 1 atom stereocenters. The van der Waals surface area contributed by atoms with Gasteiger partial charge in [0.05, 0.1) is 26.2 Å². The van der Waals surface area contributed by atoms with Crippen molar-refractivity contribution in [1.82, 2.24) is 0 Å². The Bertz CT molecular complexity index is 759. The number of piperazine rings is 1. The fourth-order valence-corrected chi connectivity index (χ4v) is 3.49. The molecule has 0 unspecified atom stereocenters. The maximum Gasteiger partial charge on any atom is 0.221 e. The van der Waals surface area contributed by atoms with E-state index in [9.17, 15) is 9.90 Å². The summed E-state index contributed by atoms with van der Waals surface area (Å²) in [6.45, 7) is 6.25. The van der Waals surface area contributed by atoms with Gasteiger partial charge in [-0.2, -0.15) is 0 Å². The molecular formula is C21H27ClN3O3+. The second-order valence-corrected chi connectivity index (χ2v) is 7.52. The molecule has 0 spiro atoms. The van der Waals surface area contributed by atoms with Gasteiger partial charge in [0.2, 0.25) is 5.91 Å². The second-order valence-electron chi connectivity index (χ2n) is 7.09. The van der Waals surface area contributed by atoms with Crippen molar-refractivity contribution in [1.29, 1.82) is 0 Å². The van der Waals surface area contributed by atoms with E-state index in [2.05, 4.69) is 10.2 Å². The highest BCUT2D eigenvalue weighted by Gasteiger charge is 2.22. The molecule has 1 saturated heterocycles. The Morgan fingerprint density at radius 3 is 2.43 bits per heavy atom. The number of rotatable bonds is 7. The lowest BCUT2D eigenvalue weighted by Crippen LogP contribution is -3.16. The zero-order valence-electron chi connectivity index (χ0n) is 16.0. The van der Waals surface area contributed by atoms with E-state index in [1.54, 1.807) is 24.3 Å². The van der Waals surface area contributed by atoms with Crippen LogP contribution in [0.15, 0.2) is 48.5 Å². The van der Waals surface area contributed by atoms with E-state index in [1.807, 2.05) is 24.3 Å². The van der Waals surface area contributed by atoms with Gasteiger partial charge in [-0.3, -0.25) is 4.79 Å². The van der Waals surface area contributed by atoms with Gasteiger partial charge in [-0.15, -0.1) is 0 Å². The topological polar surface area (TPSA) is 66.2 Å². The highest BCUT2D eigenvalue weighted by Crippen LogP contribution is 2.18. The molecule has 7 heteroatoms. The monoisotopic (exact) mass is 404 g/mol. The molecule has 1 amide bonds. The van der Waals surface area contributed by atoms with Crippen molar-refractivity contribution in [3.05, 3.63) is 53.6 Å². The molecule has 0 aromatic heterocycles. The van der Waals surface area contributed by atoms with Crippen molar-refractivity contribution in [3.63, 3.8) is 0 Å². The van der Waals surface area contributed by atoms with Gasteiger partial charge in [-0.1, -0.05) is 11.6 Å². The number of ether oxygens (including phenoxy) is 1. The van der Waals surface area contributed by atoms with Gasteiger partial charge < -0.3 is 25.0 Å². The lowest BCUT2D eigenvalue weighted by Gasteiger charge is -2.34. The first-order valence-electron chi connectivity index (χ1n) is 9.52. The van der Waals surface area contributed by atoms with Gasteiger partial charge in [-0.25, -0.2) is 0 Å². The number of anilines is 2. The standard InChI is InChI=1S/C21H26ClN3O3/c1-16(26)23-18-4-8-21(9-5-18)28-15-20(27)14-24-10-12-25(13-11-24)19-6-2-17(22)3-7-19/h2-9,20,27H,10-15H2,1H3,(H,23,26)/p+1/t20-/m1/s1. The molecule has 3 N–H and O–H groups in total. The third-order valence-electron chi connectivity index (χ3n) is 4.80. The van der Waals surface area contributed by atoms with E-state index < -0.39 is 6.10 Å². The minimum absolute atomic E-state index is 0.108. The van der Waals surface area contributed by atoms with E-state index in [0.717, 1.165) is 36.9 Å². The molecular weight excluding hydrogens is 378 g/mol. The van der Waals surface area contributed by atoms with Crippen molar-refractivity contribution >= 4 is 28.9 Å². The van der Waals surface area contributed by atoms with Crippen LogP contribution in [0, 0.1) is 0 Å². The molecule has 0 bridgehead atoms. The lowest BCUT2D eigenvalue weighted by atomic mass is 10.2. The number of aliphatic hydroxyl groups is 1. The van der Waals surface area contributed by atoms with Crippen molar-refractivity contribution < 1.29 is 19.5 Å². The van der Waals surface area contributed by atoms with Crippen molar-refractivity contribution in [3.8, 4) is 5.75 Å². The SMILES string of the molecule is CC(=O)Nc1ccc(OC[C@H](O)C[NH+]2CCN(c3ccc(Cl)cc3)CC2)cc1. The predicted molar refractivity (Wildman–Crippen MR) is 111 cm³/mol. The van der Waals surface area contributed by atoms with Gasteiger partial charge in [0, 0.05) is 23.3 Å². The molecule has 28 heavy (non-hydrogen) atoms. The summed E-state index contributed by atoms with van der Waals surface area (Å²) in [7, 11) is 0. The van der Waals surface area contributed by atoms with Crippen molar-refractivity contribution in [2.24, 2.45) is 0 Å². The van der Waals surface area contributed by atoms with Crippen LogP contribution in [0.25, 0.3) is 0 Å². The van der Waals surface area contributed by atoms with Gasteiger partial charge in [0.15, 0.2) is 0 Å². The number of nitrogens with one attached hydrogen (secondary N) is 2. The van der Waals surface area contributed by atoms with E-state index in [4.69, 9.17) is 16.3 Å². The Balaban J connectivity index is 1.39. The molecule has 6 nitrogen and oxygen atoms in total. The largest absolute Gasteiger partial charge is 0.491 e. The molecule has 2 aromatic rings. The molecule has 150 valence electrons. The quantitative estimate of drug-likeness (QED) is 0.653. The van der Waals surface area contributed by atoms with Gasteiger partial charge >= 0.3 is 0 Å². The average Bonchev–Trinajstić information content (AvgIpc) is 2.68. The van der Waals surface area contributed by atoms with Crippen LogP contribution in [-0.4, -0.2) is 56.4 Å². The van der Waals surface area contributed by atoms with Gasteiger partial charge in [-0.05, 0) is 48.5 Å². The number of hydrogen-bond donors (Lipinski definition) is 3. The molecule has 0 radical (unpaired) electrons. The number of aliphatic hydroxyl groups excluding tert-OH is 1. The lowest BCUT2D eigenvalue weighted by molar-refractivity contribution is -0.903. The highest BCUT2D eigenvalue weighted by atomic mass is 35.5.